The highest BCUT2D eigenvalue weighted by Gasteiger charge is 2.14. The number of hydrogen-bond acceptors (Lipinski definition) is 6. The van der Waals surface area contributed by atoms with E-state index in [1.165, 1.54) is 7.11 Å². The SMILES string of the molecule is CC(C)(C)N.CCOC(=O)NC(C)(C)C.CNC(=O)NC(C)(C)C.COC(=O)NC(C)(C)C. The number of methoxy groups -OCH3 is 1. The summed E-state index contributed by atoms with van der Waals surface area (Å²) in [6.45, 7) is 25.3. The molecule has 0 unspecified atom stereocenters. The molecule has 0 radical (unpaired) electrons. The zero-order chi connectivity index (χ0) is 27.7. The van der Waals surface area contributed by atoms with Crippen LogP contribution in [0.2, 0.25) is 0 Å². The Bertz CT molecular complexity index is 505. The van der Waals surface area contributed by atoms with E-state index >= 15 is 0 Å². The van der Waals surface area contributed by atoms with Crippen molar-refractivity contribution in [2.24, 2.45) is 5.73 Å². The lowest BCUT2D eigenvalue weighted by molar-refractivity contribution is 0.143. The number of rotatable bonds is 1. The molecule has 0 heterocycles. The van der Waals surface area contributed by atoms with Crippen LogP contribution in [-0.4, -0.2) is 61.1 Å². The first-order chi connectivity index (χ1) is 14.4. The van der Waals surface area contributed by atoms with Crippen LogP contribution >= 0.6 is 0 Å². The molecule has 10 heteroatoms. The molecule has 0 aromatic rings. The van der Waals surface area contributed by atoms with Crippen LogP contribution in [0.25, 0.3) is 0 Å². The van der Waals surface area contributed by atoms with Crippen molar-refractivity contribution in [3.63, 3.8) is 0 Å². The summed E-state index contributed by atoms with van der Waals surface area (Å²) < 4.78 is 9.04. The van der Waals surface area contributed by atoms with Crippen LogP contribution in [0.15, 0.2) is 0 Å². The summed E-state index contributed by atoms with van der Waals surface area (Å²) in [5.74, 6) is 0. The van der Waals surface area contributed by atoms with Gasteiger partial charge in [-0.15, -0.1) is 0 Å². The number of amides is 4. The lowest BCUT2D eigenvalue weighted by Crippen LogP contribution is -2.45. The molecule has 33 heavy (non-hydrogen) atoms. The van der Waals surface area contributed by atoms with E-state index in [0.717, 1.165) is 0 Å². The van der Waals surface area contributed by atoms with Gasteiger partial charge in [-0.05, 0) is 90.0 Å². The van der Waals surface area contributed by atoms with E-state index in [0.29, 0.717) is 6.61 Å². The fraction of sp³-hybridized carbons (Fsp3) is 0.870. The third-order valence-corrected chi connectivity index (χ3v) is 2.13. The summed E-state index contributed by atoms with van der Waals surface area (Å²) in [5, 5.41) is 10.5. The number of nitrogens with two attached hydrogens (primary N) is 1. The van der Waals surface area contributed by atoms with Crippen LogP contribution in [-0.2, 0) is 9.47 Å². The maximum atomic E-state index is 10.7. The largest absolute Gasteiger partial charge is 0.453 e. The second-order valence-electron chi connectivity index (χ2n) is 11.3. The molecule has 0 bridgehead atoms. The summed E-state index contributed by atoms with van der Waals surface area (Å²) in [5.41, 5.74) is 4.81. The molecule has 0 aliphatic heterocycles. The molecule has 0 aromatic carbocycles. The third-order valence-electron chi connectivity index (χ3n) is 2.13. The molecule has 0 atom stereocenters. The lowest BCUT2D eigenvalue weighted by Gasteiger charge is -2.19. The van der Waals surface area contributed by atoms with Crippen LogP contribution in [0, 0.1) is 0 Å². The van der Waals surface area contributed by atoms with Crippen LogP contribution in [0.1, 0.15) is 90.0 Å². The molecule has 0 spiro atoms. The molecule has 4 amide bonds. The number of carbonyl (C=O) groups excluding carboxylic acids is 3. The fourth-order valence-corrected chi connectivity index (χ4v) is 1.23. The molecule has 0 aromatic heterocycles. The monoisotopic (exact) mass is 479 g/mol. The Morgan fingerprint density at radius 1 is 0.697 bits per heavy atom. The second kappa shape index (κ2) is 17.3. The minimum Gasteiger partial charge on any atom is -0.453 e. The maximum absolute atomic E-state index is 10.7. The highest BCUT2D eigenvalue weighted by Crippen LogP contribution is 1.99. The minimum absolute atomic E-state index is 0. The average Bonchev–Trinajstić information content (AvgIpc) is 2.49. The summed E-state index contributed by atoms with van der Waals surface area (Å²) >= 11 is 0. The van der Waals surface area contributed by atoms with Gasteiger partial charge in [0.2, 0.25) is 0 Å². The first-order valence-corrected chi connectivity index (χ1v) is 11.0. The Hall–Kier alpha value is -2.23. The predicted molar refractivity (Wildman–Crippen MR) is 136 cm³/mol. The van der Waals surface area contributed by atoms with E-state index < -0.39 is 0 Å². The Morgan fingerprint density at radius 2 is 1.00 bits per heavy atom. The first kappa shape index (κ1) is 38.1. The summed E-state index contributed by atoms with van der Waals surface area (Å²) in [7, 11) is 2.95. The highest BCUT2D eigenvalue weighted by molar-refractivity contribution is 5.74. The predicted octanol–water partition coefficient (Wildman–Crippen LogP) is 4.13. The van der Waals surface area contributed by atoms with Gasteiger partial charge in [-0.3, -0.25) is 0 Å². The molecule has 0 aliphatic rings. The zero-order valence-electron chi connectivity index (χ0n) is 23.8. The molecule has 0 rings (SSSR count). The van der Waals surface area contributed by atoms with Gasteiger partial charge in [-0.1, -0.05) is 0 Å². The Kier molecular flexibility index (Phi) is 19.9. The molecular formula is C23H53N5O5. The van der Waals surface area contributed by atoms with Crippen molar-refractivity contribution >= 4 is 18.2 Å². The average molecular weight is 480 g/mol. The summed E-state index contributed by atoms with van der Waals surface area (Å²) in [4.78, 5) is 31.8. The first-order valence-electron chi connectivity index (χ1n) is 11.0. The Morgan fingerprint density at radius 3 is 1.15 bits per heavy atom. The highest BCUT2D eigenvalue weighted by atomic mass is 16.5. The van der Waals surface area contributed by atoms with Gasteiger partial charge in [-0.25, -0.2) is 14.4 Å². The lowest BCUT2D eigenvalue weighted by atomic mass is 10.1. The number of hydrogen-bond donors (Lipinski definition) is 5. The van der Waals surface area contributed by atoms with Crippen LogP contribution in [0.5, 0.6) is 0 Å². The van der Waals surface area contributed by atoms with Crippen molar-refractivity contribution in [3.8, 4) is 0 Å². The summed E-state index contributed by atoms with van der Waals surface area (Å²) in [6, 6.07) is -0.137. The molecule has 0 saturated heterocycles. The van der Waals surface area contributed by atoms with Gasteiger partial charge in [-0.2, -0.15) is 0 Å². The Balaban J connectivity index is -0.000000174. The van der Waals surface area contributed by atoms with E-state index in [4.69, 9.17) is 5.73 Å². The van der Waals surface area contributed by atoms with Crippen LogP contribution in [0.4, 0.5) is 14.4 Å². The van der Waals surface area contributed by atoms with Gasteiger partial charge in [0.25, 0.3) is 0 Å². The molecule has 0 fully saturated rings. The van der Waals surface area contributed by atoms with Crippen LogP contribution in [0.3, 0.4) is 0 Å². The van der Waals surface area contributed by atoms with Crippen molar-refractivity contribution in [1.29, 1.82) is 0 Å². The molecular weight excluding hydrogens is 426 g/mol. The minimum atomic E-state index is -0.387. The van der Waals surface area contributed by atoms with Gasteiger partial charge in [0, 0.05) is 29.2 Å². The van der Waals surface area contributed by atoms with E-state index in [9.17, 15) is 14.4 Å². The quantitative estimate of drug-likeness (QED) is 0.382. The van der Waals surface area contributed by atoms with E-state index in [1.54, 1.807) is 14.0 Å². The number of ether oxygens (including phenoxy) is 2. The zero-order valence-corrected chi connectivity index (χ0v) is 23.8. The van der Waals surface area contributed by atoms with Gasteiger partial charge in [0.1, 0.15) is 0 Å². The van der Waals surface area contributed by atoms with E-state index in [2.05, 4.69) is 30.7 Å². The molecule has 0 aliphatic carbocycles. The third kappa shape index (κ3) is 58.7. The Labute approximate surface area is 202 Å². The standard InChI is InChI=1S/C7H15NO2.C6H14N2O.C6H13NO2.C4H11N/c1-5-10-6(9)8-7(2,3)4;1-6(2,3)8-5(9)7-4;1-6(2,3)7-5(8)9-4;1-4(2,3)5/h5H2,1-4H3,(H,8,9);1-4H3,(H2,7,8,9);1-4H3,(H,7,8);5H2,1-3H3. The van der Waals surface area contributed by atoms with Crippen molar-refractivity contribution < 1.29 is 23.9 Å². The number of urea groups is 1. The fourth-order valence-electron chi connectivity index (χ4n) is 1.23. The smallest absolute Gasteiger partial charge is 0.407 e. The van der Waals surface area contributed by atoms with E-state index in [1.807, 2.05) is 83.1 Å². The normalized spacial score (nSPS) is 10.9. The van der Waals surface area contributed by atoms with E-state index in [-0.39, 0.29) is 40.4 Å². The number of nitrogens with one attached hydrogen (secondary N) is 4. The van der Waals surface area contributed by atoms with Gasteiger partial charge in [0.15, 0.2) is 0 Å². The van der Waals surface area contributed by atoms with Crippen molar-refractivity contribution in [2.45, 2.75) is 112 Å². The topological polar surface area (TPSA) is 144 Å². The molecule has 0 saturated carbocycles. The molecule has 6 N–H and O–H groups in total. The second-order valence-corrected chi connectivity index (χ2v) is 11.3. The number of carbonyl (C=O) groups is 3. The van der Waals surface area contributed by atoms with Crippen molar-refractivity contribution in [2.75, 3.05) is 20.8 Å². The van der Waals surface area contributed by atoms with Crippen molar-refractivity contribution in [3.05, 3.63) is 0 Å². The van der Waals surface area contributed by atoms with Gasteiger partial charge in [0.05, 0.1) is 13.7 Å². The maximum Gasteiger partial charge on any atom is 0.407 e. The van der Waals surface area contributed by atoms with Crippen molar-refractivity contribution in [1.82, 2.24) is 21.3 Å². The molecule has 200 valence electrons. The number of alkyl carbamates (subject to hydrolysis) is 2. The van der Waals surface area contributed by atoms with Gasteiger partial charge >= 0.3 is 18.2 Å². The summed E-state index contributed by atoms with van der Waals surface area (Å²) in [6.07, 6.45) is -0.738. The molecule has 10 nitrogen and oxygen atoms in total. The van der Waals surface area contributed by atoms with Gasteiger partial charge < -0.3 is 36.5 Å². The van der Waals surface area contributed by atoms with Crippen LogP contribution < -0.4 is 27.0 Å².